The molecule has 64 heavy (non-hydrogen) atoms. The first-order valence-corrected chi connectivity index (χ1v) is 22.8. The summed E-state index contributed by atoms with van der Waals surface area (Å²) in [6.07, 6.45) is 7.02. The Kier molecular flexibility index (Phi) is 12.1. The molecule has 314 valence electrons. The molecule has 2 heteroatoms. The van der Waals surface area contributed by atoms with E-state index in [1.54, 1.807) is 0 Å². The van der Waals surface area contributed by atoms with Crippen LogP contribution in [0.3, 0.4) is 0 Å². The summed E-state index contributed by atoms with van der Waals surface area (Å²) in [4.78, 5) is 0. The first-order valence-electron chi connectivity index (χ1n) is 22.8. The average molecular weight is 829 g/mol. The molecule has 0 aromatic heterocycles. The second kappa shape index (κ2) is 18.3. The fraction of sp³-hybridized carbons (Fsp3) is 0.129. The number of hydrogen-bond donors (Lipinski definition) is 2. The summed E-state index contributed by atoms with van der Waals surface area (Å²) in [5.74, 6) is 0.137. The highest BCUT2D eigenvalue weighted by Gasteiger charge is 2.51. The number of allylic oxidation sites excluding steroid dienone is 4. The van der Waals surface area contributed by atoms with E-state index in [0.717, 1.165) is 12.8 Å². The zero-order chi connectivity index (χ0) is 44.2. The lowest BCUT2D eigenvalue weighted by molar-refractivity contribution is 0.797. The van der Waals surface area contributed by atoms with Crippen LogP contribution in [0, 0.1) is 0 Å². The lowest BCUT2D eigenvalue weighted by Gasteiger charge is -2.31. The van der Waals surface area contributed by atoms with Crippen molar-refractivity contribution in [3.63, 3.8) is 0 Å². The zero-order valence-corrected chi connectivity index (χ0v) is 37.4. The molecule has 0 aliphatic heterocycles. The summed E-state index contributed by atoms with van der Waals surface area (Å²) in [6.45, 7) is 4.00. The van der Waals surface area contributed by atoms with Crippen LogP contribution in [0.1, 0.15) is 71.6 Å². The minimum Gasteiger partial charge on any atom is -0.333 e. The van der Waals surface area contributed by atoms with E-state index in [4.69, 9.17) is 0 Å². The van der Waals surface area contributed by atoms with Crippen molar-refractivity contribution in [3.8, 4) is 33.4 Å². The van der Waals surface area contributed by atoms with E-state index in [2.05, 4.69) is 224 Å². The average Bonchev–Trinajstić information content (AvgIpc) is 3.87. The van der Waals surface area contributed by atoms with Crippen LogP contribution in [-0.2, 0) is 5.41 Å². The molecule has 0 amide bonds. The maximum atomic E-state index is 4.50. The molecule has 0 heterocycles. The van der Waals surface area contributed by atoms with Crippen LogP contribution in [0.5, 0.6) is 0 Å². The molecule has 0 bridgehead atoms. The number of hydrogen-bond acceptors (Lipinski definition) is 2. The molecule has 2 nitrogen and oxygen atoms in total. The number of benzene rings is 9. The fourth-order valence-electron chi connectivity index (χ4n) is 10.9. The normalized spacial score (nSPS) is 13.9. The van der Waals surface area contributed by atoms with Crippen molar-refractivity contribution in [1.29, 1.82) is 0 Å². The van der Waals surface area contributed by atoms with Gasteiger partial charge in [0, 0.05) is 5.92 Å². The number of rotatable bonds is 6. The van der Waals surface area contributed by atoms with Crippen LogP contribution in [-0.4, -0.2) is 14.1 Å². The lowest BCUT2D eigenvalue weighted by Crippen LogP contribution is -2.26. The van der Waals surface area contributed by atoms with Gasteiger partial charge < -0.3 is 11.5 Å². The third-order valence-electron chi connectivity index (χ3n) is 13.2. The third kappa shape index (κ3) is 6.82. The van der Waals surface area contributed by atoms with E-state index >= 15 is 0 Å². The Hall–Kier alpha value is -7.10. The minimum atomic E-state index is -0.369. The van der Waals surface area contributed by atoms with Crippen LogP contribution in [0.25, 0.3) is 60.5 Å². The van der Waals surface area contributed by atoms with E-state index in [1.807, 2.05) is 13.8 Å². The summed E-state index contributed by atoms with van der Waals surface area (Å²) in [6, 6.07) is 75.1. The van der Waals surface area contributed by atoms with Gasteiger partial charge in [0.2, 0.25) is 0 Å². The molecule has 9 aromatic carbocycles. The molecule has 0 radical (unpaired) electrons. The van der Waals surface area contributed by atoms with Crippen molar-refractivity contribution in [2.45, 2.75) is 38.0 Å². The van der Waals surface area contributed by atoms with Gasteiger partial charge in [0.05, 0.1) is 5.41 Å². The molecule has 4 N–H and O–H groups in total. The third-order valence-corrected chi connectivity index (χ3v) is 13.2. The molecular weight excluding hydrogens is 773 g/mol. The Balaban J connectivity index is 0.000000831. The Labute approximate surface area is 379 Å². The summed E-state index contributed by atoms with van der Waals surface area (Å²) < 4.78 is 0. The van der Waals surface area contributed by atoms with E-state index in [1.165, 1.54) is 119 Å². The molecule has 9 aromatic rings. The SMILES string of the molecule is C1=C(c2ccccc2)CCC=C1C(c1ccccc1)c1cccc(-c2cccc(-c3cccc4c3-c3ccccc3C43c4cccc5ccc6cccc3c6c45)c2)c1.CC.CN.CN. The topological polar surface area (TPSA) is 52.0 Å². The molecule has 1 unspecified atom stereocenters. The van der Waals surface area contributed by atoms with Crippen LogP contribution in [0.4, 0.5) is 0 Å². The van der Waals surface area contributed by atoms with Gasteiger partial charge in [0.15, 0.2) is 0 Å². The molecule has 0 saturated heterocycles. The molecule has 1 atom stereocenters. The van der Waals surface area contributed by atoms with Crippen LogP contribution in [0.15, 0.2) is 218 Å². The van der Waals surface area contributed by atoms with Crippen LogP contribution in [0.2, 0.25) is 0 Å². The lowest BCUT2D eigenvalue weighted by atomic mass is 9.70. The first-order chi connectivity index (χ1) is 31.8. The Bertz CT molecular complexity index is 3110. The monoisotopic (exact) mass is 828 g/mol. The molecule has 1 spiro atoms. The van der Waals surface area contributed by atoms with Gasteiger partial charge >= 0.3 is 0 Å². The van der Waals surface area contributed by atoms with Crippen molar-refractivity contribution >= 4 is 27.1 Å². The molecular formula is C62H56N2. The number of nitrogens with two attached hydrogens (primary N) is 2. The van der Waals surface area contributed by atoms with E-state index in [-0.39, 0.29) is 11.3 Å². The van der Waals surface area contributed by atoms with Crippen LogP contribution < -0.4 is 11.5 Å². The predicted octanol–water partition coefficient (Wildman–Crippen LogP) is 15.1. The highest BCUT2D eigenvalue weighted by Crippen LogP contribution is 2.63. The van der Waals surface area contributed by atoms with E-state index < -0.39 is 0 Å². The summed E-state index contributed by atoms with van der Waals surface area (Å²) in [7, 11) is 3.00. The fourth-order valence-corrected chi connectivity index (χ4v) is 10.9. The highest BCUT2D eigenvalue weighted by atomic mass is 14.5. The second-order valence-corrected chi connectivity index (χ2v) is 16.2. The van der Waals surface area contributed by atoms with Crippen molar-refractivity contribution < 1.29 is 0 Å². The van der Waals surface area contributed by atoms with Gasteiger partial charge in [-0.1, -0.05) is 220 Å². The summed E-state index contributed by atoms with van der Waals surface area (Å²) in [5.41, 5.74) is 28.6. The van der Waals surface area contributed by atoms with Gasteiger partial charge in [0.1, 0.15) is 0 Å². The Morgan fingerprint density at radius 1 is 0.422 bits per heavy atom. The second-order valence-electron chi connectivity index (χ2n) is 16.2. The summed E-state index contributed by atoms with van der Waals surface area (Å²) in [5, 5.41) is 5.42. The van der Waals surface area contributed by atoms with Gasteiger partial charge in [-0.3, -0.25) is 0 Å². The first kappa shape index (κ1) is 42.2. The smallest absolute Gasteiger partial charge is 0.0726 e. The van der Waals surface area contributed by atoms with Gasteiger partial charge in [0.25, 0.3) is 0 Å². The standard InChI is InChI=1S/C58H40.C2H6.2CH5N/c1-3-15-38(16-4-1)42-21-10-25-46(36-42)54(39-17-5-2-6-18-39)47-26-11-23-44(37-47)43-22-9-24-45(35-43)48-28-14-32-53-57(48)49-27-7-8-29-50(49)58(53)51-30-12-19-40-33-34-41-20-13-31-52(58)56(41)55(40)51;3*1-2/h1-9,11-20,22-37,54H,10,21H2;1-2H3;2*2H2,1H3. The highest BCUT2D eigenvalue weighted by molar-refractivity contribution is 6.17. The van der Waals surface area contributed by atoms with Gasteiger partial charge in [-0.25, -0.2) is 0 Å². The van der Waals surface area contributed by atoms with Crippen molar-refractivity contribution in [2.24, 2.45) is 11.5 Å². The maximum absolute atomic E-state index is 4.50. The van der Waals surface area contributed by atoms with E-state index in [9.17, 15) is 0 Å². The van der Waals surface area contributed by atoms with Crippen molar-refractivity contribution in [1.82, 2.24) is 0 Å². The minimum absolute atomic E-state index is 0.137. The van der Waals surface area contributed by atoms with Crippen LogP contribution >= 0.6 is 0 Å². The quantitative estimate of drug-likeness (QED) is 0.164. The molecule has 3 aliphatic rings. The largest absolute Gasteiger partial charge is 0.333 e. The predicted molar refractivity (Wildman–Crippen MR) is 275 cm³/mol. The van der Waals surface area contributed by atoms with Crippen molar-refractivity contribution in [3.05, 3.63) is 257 Å². The molecule has 12 rings (SSSR count). The molecule has 3 aliphatic carbocycles. The zero-order valence-electron chi connectivity index (χ0n) is 37.4. The Morgan fingerprint density at radius 3 is 1.62 bits per heavy atom. The maximum Gasteiger partial charge on any atom is 0.0726 e. The molecule has 0 fully saturated rings. The molecule has 0 saturated carbocycles. The van der Waals surface area contributed by atoms with Gasteiger partial charge in [-0.15, -0.1) is 0 Å². The van der Waals surface area contributed by atoms with E-state index in [0.29, 0.717) is 0 Å². The van der Waals surface area contributed by atoms with Gasteiger partial charge in [-0.2, -0.15) is 0 Å². The summed E-state index contributed by atoms with van der Waals surface area (Å²) >= 11 is 0. The number of fused-ring (bicyclic) bond motifs is 7. The van der Waals surface area contributed by atoms with Crippen molar-refractivity contribution in [2.75, 3.05) is 14.1 Å². The van der Waals surface area contributed by atoms with Gasteiger partial charge in [-0.05, 0) is 138 Å². The Morgan fingerprint density at radius 2 is 0.922 bits per heavy atom.